The summed E-state index contributed by atoms with van der Waals surface area (Å²) in [5, 5.41) is 7.72. The summed E-state index contributed by atoms with van der Waals surface area (Å²) in [5.74, 6) is 1.33. The molecule has 0 radical (unpaired) electrons. The van der Waals surface area contributed by atoms with E-state index in [1.165, 1.54) is 0 Å². The molecule has 0 saturated heterocycles. The zero-order valence-corrected chi connectivity index (χ0v) is 15.2. The monoisotopic (exact) mass is 329 g/mol. The first-order valence-corrected chi connectivity index (χ1v) is 8.67. The van der Waals surface area contributed by atoms with E-state index in [1.807, 2.05) is 23.1 Å². The maximum absolute atomic E-state index is 12.7. The quantitative estimate of drug-likeness (QED) is 0.941. The Labute approximate surface area is 143 Å². The van der Waals surface area contributed by atoms with Gasteiger partial charge in [-0.3, -0.25) is 9.48 Å². The maximum Gasteiger partial charge on any atom is 0.272 e. The molecular weight excluding hydrogens is 302 g/mol. The first-order valence-electron chi connectivity index (χ1n) is 8.67. The number of nitrogens with one attached hydrogen (secondary N) is 1. The molecule has 1 atom stereocenters. The van der Waals surface area contributed by atoms with Gasteiger partial charge in [-0.1, -0.05) is 13.8 Å². The number of hydrogen-bond donors (Lipinski definition) is 1. The molecule has 6 heteroatoms. The van der Waals surface area contributed by atoms with Gasteiger partial charge in [-0.15, -0.1) is 0 Å². The maximum atomic E-state index is 12.7. The Hall–Kier alpha value is -2.11. The third-order valence-electron chi connectivity index (χ3n) is 4.47. The lowest BCUT2D eigenvalue weighted by molar-refractivity contribution is 0.0921. The van der Waals surface area contributed by atoms with Crippen molar-refractivity contribution in [2.24, 2.45) is 0 Å². The predicted octanol–water partition coefficient (Wildman–Crippen LogP) is 2.70. The summed E-state index contributed by atoms with van der Waals surface area (Å²) in [6, 6.07) is 2.05. The molecule has 3 rings (SSSR count). The van der Waals surface area contributed by atoms with E-state index in [0.717, 1.165) is 30.9 Å². The molecule has 0 spiro atoms. The first-order chi connectivity index (χ1) is 11.3. The molecule has 6 nitrogen and oxygen atoms in total. The van der Waals surface area contributed by atoms with Gasteiger partial charge >= 0.3 is 0 Å². The van der Waals surface area contributed by atoms with Gasteiger partial charge in [-0.05, 0) is 39.2 Å². The third-order valence-corrected chi connectivity index (χ3v) is 4.47. The van der Waals surface area contributed by atoms with Crippen molar-refractivity contribution in [3.8, 4) is 0 Å². The minimum atomic E-state index is -0.144. The lowest BCUT2D eigenvalue weighted by Gasteiger charge is -2.24. The molecule has 24 heavy (non-hydrogen) atoms. The summed E-state index contributed by atoms with van der Waals surface area (Å²) >= 11 is 0. The molecule has 1 aliphatic rings. The fourth-order valence-corrected chi connectivity index (χ4v) is 3.20. The topological polar surface area (TPSA) is 64.7 Å². The minimum absolute atomic E-state index is 0.0894. The number of carbonyl (C=O) groups is 1. The average molecular weight is 329 g/mol. The van der Waals surface area contributed by atoms with E-state index in [-0.39, 0.29) is 17.5 Å². The van der Waals surface area contributed by atoms with Gasteiger partial charge in [0.2, 0.25) is 0 Å². The van der Waals surface area contributed by atoms with Crippen molar-refractivity contribution in [1.29, 1.82) is 0 Å². The fraction of sp³-hybridized carbons (Fsp3) is 0.611. The highest BCUT2D eigenvalue weighted by Crippen LogP contribution is 2.23. The minimum Gasteiger partial charge on any atom is -0.346 e. The molecule has 0 bridgehead atoms. The van der Waals surface area contributed by atoms with Crippen LogP contribution in [0.25, 0.3) is 0 Å². The van der Waals surface area contributed by atoms with Gasteiger partial charge in [-0.25, -0.2) is 4.98 Å². The number of amides is 1. The van der Waals surface area contributed by atoms with Gasteiger partial charge in [0.05, 0.1) is 5.54 Å². The standard InChI is InChI=1S/C18H27N5O/c1-12(2)15-10-14(21-23(15)18(3,4)5)17(24)20-13-6-7-16-19-8-9-22(16)11-13/h8-10,12-13H,6-7,11H2,1-5H3,(H,20,24). The highest BCUT2D eigenvalue weighted by Gasteiger charge is 2.26. The summed E-state index contributed by atoms with van der Waals surface area (Å²) in [6.45, 7) is 11.4. The SMILES string of the molecule is CC(C)c1cc(C(=O)NC2CCc3nccn3C2)nn1C(C)(C)C. The first kappa shape index (κ1) is 16.7. The lowest BCUT2D eigenvalue weighted by atomic mass is 10.1. The average Bonchev–Trinajstić information content (AvgIpc) is 3.13. The van der Waals surface area contributed by atoms with E-state index in [1.54, 1.807) is 0 Å². The van der Waals surface area contributed by atoms with Gasteiger partial charge in [0.15, 0.2) is 0 Å². The van der Waals surface area contributed by atoms with Gasteiger partial charge in [-0.2, -0.15) is 5.10 Å². The predicted molar refractivity (Wildman–Crippen MR) is 93.1 cm³/mol. The van der Waals surface area contributed by atoms with Gasteiger partial charge in [0, 0.05) is 37.1 Å². The Balaban J connectivity index is 1.76. The summed E-state index contributed by atoms with van der Waals surface area (Å²) < 4.78 is 4.09. The Bertz CT molecular complexity index is 735. The zero-order valence-electron chi connectivity index (χ0n) is 15.2. The molecule has 0 saturated carbocycles. The number of hydrogen-bond acceptors (Lipinski definition) is 3. The van der Waals surface area contributed by atoms with E-state index in [4.69, 9.17) is 0 Å². The van der Waals surface area contributed by atoms with Crippen molar-refractivity contribution in [3.63, 3.8) is 0 Å². The van der Waals surface area contributed by atoms with Crippen LogP contribution in [0, 0.1) is 0 Å². The fourth-order valence-electron chi connectivity index (χ4n) is 3.20. The number of aryl methyl sites for hydroxylation is 1. The van der Waals surface area contributed by atoms with Crippen LogP contribution >= 0.6 is 0 Å². The Kier molecular flexibility index (Phi) is 4.24. The van der Waals surface area contributed by atoms with E-state index >= 15 is 0 Å². The van der Waals surface area contributed by atoms with Crippen LogP contribution in [-0.4, -0.2) is 31.3 Å². The summed E-state index contributed by atoms with van der Waals surface area (Å²) in [5.41, 5.74) is 1.45. The molecule has 2 aromatic heterocycles. The van der Waals surface area contributed by atoms with Crippen LogP contribution in [0.15, 0.2) is 18.5 Å². The number of rotatable bonds is 3. The molecule has 3 heterocycles. The number of carbonyl (C=O) groups excluding carboxylic acids is 1. The molecule has 0 fully saturated rings. The van der Waals surface area contributed by atoms with Crippen LogP contribution in [-0.2, 0) is 18.5 Å². The van der Waals surface area contributed by atoms with Crippen molar-refractivity contribution in [3.05, 3.63) is 35.7 Å². The van der Waals surface area contributed by atoms with E-state index < -0.39 is 0 Å². The molecule has 130 valence electrons. The molecule has 1 aliphatic heterocycles. The number of aromatic nitrogens is 4. The number of imidazole rings is 1. The van der Waals surface area contributed by atoms with Gasteiger partial charge in [0.1, 0.15) is 11.5 Å². The number of nitrogens with zero attached hydrogens (tertiary/aromatic N) is 4. The molecule has 2 aromatic rings. The Morgan fingerprint density at radius 1 is 1.38 bits per heavy atom. The number of fused-ring (bicyclic) bond motifs is 1. The molecule has 1 N–H and O–H groups in total. The third kappa shape index (κ3) is 3.23. The van der Waals surface area contributed by atoms with Gasteiger partial charge < -0.3 is 9.88 Å². The van der Waals surface area contributed by atoms with E-state index in [2.05, 4.69) is 54.6 Å². The van der Waals surface area contributed by atoms with Gasteiger partial charge in [0.25, 0.3) is 5.91 Å². The van der Waals surface area contributed by atoms with Crippen molar-refractivity contribution >= 4 is 5.91 Å². The molecule has 0 aliphatic carbocycles. The van der Waals surface area contributed by atoms with Crippen molar-refractivity contribution < 1.29 is 4.79 Å². The van der Waals surface area contributed by atoms with Crippen LogP contribution < -0.4 is 5.32 Å². The van der Waals surface area contributed by atoms with Crippen molar-refractivity contribution in [2.45, 2.75) is 71.5 Å². The summed E-state index contributed by atoms with van der Waals surface area (Å²) in [6.07, 6.45) is 5.60. The normalized spacial score (nSPS) is 17.8. The Morgan fingerprint density at radius 2 is 2.12 bits per heavy atom. The molecule has 1 unspecified atom stereocenters. The Morgan fingerprint density at radius 3 is 2.75 bits per heavy atom. The van der Waals surface area contributed by atoms with Crippen LogP contribution in [0.2, 0.25) is 0 Å². The largest absolute Gasteiger partial charge is 0.346 e. The van der Waals surface area contributed by atoms with Crippen LogP contribution in [0.4, 0.5) is 0 Å². The molecular formula is C18H27N5O. The molecule has 0 aromatic carbocycles. The van der Waals surface area contributed by atoms with E-state index in [0.29, 0.717) is 11.6 Å². The van der Waals surface area contributed by atoms with Crippen LogP contribution in [0.5, 0.6) is 0 Å². The summed E-state index contributed by atoms with van der Waals surface area (Å²) in [4.78, 5) is 17.0. The smallest absolute Gasteiger partial charge is 0.272 e. The second-order valence-corrected chi connectivity index (χ2v) is 7.90. The zero-order chi connectivity index (χ0) is 17.5. The van der Waals surface area contributed by atoms with Crippen LogP contribution in [0.1, 0.15) is 69.0 Å². The van der Waals surface area contributed by atoms with Crippen molar-refractivity contribution in [2.75, 3.05) is 0 Å². The second-order valence-electron chi connectivity index (χ2n) is 7.90. The van der Waals surface area contributed by atoms with E-state index in [9.17, 15) is 4.79 Å². The highest BCUT2D eigenvalue weighted by molar-refractivity contribution is 5.92. The molecule has 1 amide bonds. The van der Waals surface area contributed by atoms with Crippen LogP contribution in [0.3, 0.4) is 0 Å². The van der Waals surface area contributed by atoms with Crippen molar-refractivity contribution in [1.82, 2.24) is 24.6 Å². The lowest BCUT2D eigenvalue weighted by Crippen LogP contribution is -2.41. The second kappa shape index (κ2) is 6.07. The highest BCUT2D eigenvalue weighted by atomic mass is 16.2. The summed E-state index contributed by atoms with van der Waals surface area (Å²) in [7, 11) is 0.